The number of para-hydroxylation sites is 1. The molecule has 0 spiro atoms. The van der Waals surface area contributed by atoms with Crippen molar-refractivity contribution in [2.45, 2.75) is 13.8 Å². The minimum absolute atomic E-state index is 0.0848. The van der Waals surface area contributed by atoms with E-state index in [0.717, 1.165) is 16.1 Å². The molecule has 5 heteroatoms. The van der Waals surface area contributed by atoms with Gasteiger partial charge in [-0.2, -0.15) is 0 Å². The Balaban J connectivity index is 1.85. The Bertz CT molecular complexity index is 759. The standard InChI is InChI=1S/C16H14N2OS2/c1-10-5-3-4-6-13(10)17-16-18-15(19)14(21-16)9-12-8-7-11(2)20-12/h3-9H,1-2H3,(H,17,18,19)/b14-9-. The van der Waals surface area contributed by atoms with Crippen LogP contribution in [-0.4, -0.2) is 11.1 Å². The third-order valence-corrected chi connectivity index (χ3v) is 4.88. The summed E-state index contributed by atoms with van der Waals surface area (Å²) >= 11 is 3.06. The third-order valence-electron chi connectivity index (χ3n) is 3.02. The molecule has 0 saturated carbocycles. The molecule has 0 atom stereocenters. The maximum Gasteiger partial charge on any atom is 0.264 e. The lowest BCUT2D eigenvalue weighted by Crippen LogP contribution is -2.19. The largest absolute Gasteiger partial charge is 0.300 e. The summed E-state index contributed by atoms with van der Waals surface area (Å²) in [6, 6.07) is 11.9. The number of hydrogen-bond donors (Lipinski definition) is 1. The Hall–Kier alpha value is -1.85. The van der Waals surface area contributed by atoms with Gasteiger partial charge in [-0.25, -0.2) is 4.99 Å². The number of aliphatic imine (C=N–C) groups is 1. The van der Waals surface area contributed by atoms with Gasteiger partial charge < -0.3 is 5.32 Å². The summed E-state index contributed by atoms with van der Waals surface area (Å²) in [5.74, 6) is -0.0848. The van der Waals surface area contributed by atoms with Crippen LogP contribution in [0, 0.1) is 13.8 Å². The smallest absolute Gasteiger partial charge is 0.264 e. The van der Waals surface area contributed by atoms with E-state index in [0.29, 0.717) is 10.1 Å². The van der Waals surface area contributed by atoms with Crippen molar-refractivity contribution >= 4 is 45.9 Å². The summed E-state index contributed by atoms with van der Waals surface area (Å²) < 4.78 is 0. The maximum absolute atomic E-state index is 12.0. The van der Waals surface area contributed by atoms with Gasteiger partial charge in [-0.05, 0) is 55.4 Å². The van der Waals surface area contributed by atoms with Crippen molar-refractivity contribution < 1.29 is 4.79 Å². The van der Waals surface area contributed by atoms with Crippen LogP contribution in [0.1, 0.15) is 15.3 Å². The summed E-state index contributed by atoms with van der Waals surface area (Å²) in [5.41, 5.74) is 1.97. The van der Waals surface area contributed by atoms with Crippen LogP contribution in [0.4, 0.5) is 5.69 Å². The van der Waals surface area contributed by atoms with Crippen molar-refractivity contribution in [2.75, 3.05) is 0 Å². The highest BCUT2D eigenvalue weighted by Gasteiger charge is 2.24. The molecule has 0 aliphatic carbocycles. The summed E-state index contributed by atoms with van der Waals surface area (Å²) in [6.07, 6.45) is 1.91. The second-order valence-corrected chi connectivity index (χ2v) is 7.07. The number of benzene rings is 1. The number of amidine groups is 1. The number of amides is 1. The van der Waals surface area contributed by atoms with Gasteiger partial charge in [0.2, 0.25) is 0 Å². The van der Waals surface area contributed by atoms with E-state index in [9.17, 15) is 4.79 Å². The molecule has 21 heavy (non-hydrogen) atoms. The Labute approximate surface area is 131 Å². The monoisotopic (exact) mass is 314 g/mol. The van der Waals surface area contributed by atoms with Gasteiger partial charge in [0.25, 0.3) is 5.91 Å². The van der Waals surface area contributed by atoms with Gasteiger partial charge >= 0.3 is 0 Å². The van der Waals surface area contributed by atoms with Crippen LogP contribution < -0.4 is 5.32 Å². The summed E-state index contributed by atoms with van der Waals surface area (Å²) in [6.45, 7) is 4.06. The average molecular weight is 314 g/mol. The Morgan fingerprint density at radius 3 is 2.67 bits per heavy atom. The molecule has 1 fully saturated rings. The van der Waals surface area contributed by atoms with Crippen molar-refractivity contribution in [1.29, 1.82) is 0 Å². The molecule has 3 nitrogen and oxygen atoms in total. The highest BCUT2D eigenvalue weighted by molar-refractivity contribution is 8.18. The van der Waals surface area contributed by atoms with Crippen LogP contribution in [0.15, 0.2) is 46.3 Å². The molecular weight excluding hydrogens is 300 g/mol. The first-order valence-corrected chi connectivity index (χ1v) is 8.17. The van der Waals surface area contributed by atoms with Crippen LogP contribution in [0.3, 0.4) is 0 Å². The molecule has 3 rings (SSSR count). The molecule has 2 heterocycles. The molecule has 106 valence electrons. The van der Waals surface area contributed by atoms with Gasteiger partial charge in [0, 0.05) is 9.75 Å². The Morgan fingerprint density at radius 1 is 1.14 bits per heavy atom. The summed E-state index contributed by atoms with van der Waals surface area (Å²) in [7, 11) is 0. The first-order valence-electron chi connectivity index (χ1n) is 6.53. The molecule has 0 bridgehead atoms. The first kappa shape index (κ1) is 14.1. The number of carbonyl (C=O) groups is 1. The van der Waals surface area contributed by atoms with E-state index in [2.05, 4.69) is 23.3 Å². The van der Waals surface area contributed by atoms with E-state index in [1.54, 1.807) is 11.3 Å². The van der Waals surface area contributed by atoms with Gasteiger partial charge in [0.05, 0.1) is 10.6 Å². The molecular formula is C16H14N2OS2. The fourth-order valence-electron chi connectivity index (χ4n) is 1.94. The molecule has 0 radical (unpaired) electrons. The normalized spacial score (nSPS) is 18.5. The number of hydrogen-bond acceptors (Lipinski definition) is 4. The van der Waals surface area contributed by atoms with Crippen molar-refractivity contribution in [3.05, 3.63) is 56.6 Å². The zero-order valence-electron chi connectivity index (χ0n) is 11.7. The predicted octanol–water partition coefficient (Wildman–Crippen LogP) is 4.26. The summed E-state index contributed by atoms with van der Waals surface area (Å²) in [5, 5.41) is 3.45. The fraction of sp³-hybridized carbons (Fsp3) is 0.125. The first-order chi connectivity index (χ1) is 10.1. The van der Waals surface area contributed by atoms with Crippen molar-refractivity contribution in [2.24, 2.45) is 4.99 Å². The van der Waals surface area contributed by atoms with Crippen molar-refractivity contribution in [3.63, 3.8) is 0 Å². The minimum Gasteiger partial charge on any atom is -0.300 e. The van der Waals surface area contributed by atoms with Crippen molar-refractivity contribution in [1.82, 2.24) is 5.32 Å². The fourth-order valence-corrected chi connectivity index (χ4v) is 3.66. The lowest BCUT2D eigenvalue weighted by molar-refractivity contribution is -0.115. The molecule has 1 aromatic heterocycles. The second kappa shape index (κ2) is 5.87. The molecule has 1 aliphatic rings. The number of carbonyl (C=O) groups excluding carboxylic acids is 1. The van der Waals surface area contributed by atoms with Crippen LogP contribution in [0.2, 0.25) is 0 Å². The topological polar surface area (TPSA) is 41.5 Å². The maximum atomic E-state index is 12.0. The lowest BCUT2D eigenvalue weighted by atomic mass is 10.2. The van der Waals surface area contributed by atoms with E-state index < -0.39 is 0 Å². The van der Waals surface area contributed by atoms with Crippen LogP contribution in [0.5, 0.6) is 0 Å². The number of nitrogens with zero attached hydrogens (tertiary/aromatic N) is 1. The number of rotatable bonds is 2. The van der Waals surface area contributed by atoms with Gasteiger partial charge in [-0.3, -0.25) is 4.79 Å². The average Bonchev–Trinajstić information content (AvgIpc) is 3.00. The van der Waals surface area contributed by atoms with E-state index in [-0.39, 0.29) is 5.91 Å². The lowest BCUT2D eigenvalue weighted by Gasteiger charge is -1.99. The molecule has 1 saturated heterocycles. The summed E-state index contributed by atoms with van der Waals surface area (Å²) in [4.78, 5) is 19.5. The number of aryl methyl sites for hydroxylation is 2. The van der Waals surface area contributed by atoms with Crippen LogP contribution >= 0.6 is 23.1 Å². The highest BCUT2D eigenvalue weighted by atomic mass is 32.2. The molecule has 1 aromatic carbocycles. The van der Waals surface area contributed by atoms with Gasteiger partial charge in [-0.1, -0.05) is 18.2 Å². The third kappa shape index (κ3) is 3.25. The molecule has 1 aliphatic heterocycles. The zero-order valence-corrected chi connectivity index (χ0v) is 13.3. The molecule has 1 amide bonds. The molecule has 2 aromatic rings. The molecule has 1 N–H and O–H groups in total. The molecule has 0 unspecified atom stereocenters. The van der Waals surface area contributed by atoms with Crippen LogP contribution in [-0.2, 0) is 4.79 Å². The predicted molar refractivity (Wildman–Crippen MR) is 91.0 cm³/mol. The minimum atomic E-state index is -0.0848. The zero-order chi connectivity index (χ0) is 14.8. The quantitative estimate of drug-likeness (QED) is 0.842. The van der Waals surface area contributed by atoms with Crippen LogP contribution in [0.25, 0.3) is 6.08 Å². The van der Waals surface area contributed by atoms with E-state index in [1.807, 2.05) is 43.3 Å². The Kier molecular flexibility index (Phi) is 3.94. The number of thioether (sulfide) groups is 1. The van der Waals surface area contributed by atoms with Gasteiger partial charge in [-0.15, -0.1) is 11.3 Å². The second-order valence-electron chi connectivity index (χ2n) is 4.72. The Morgan fingerprint density at radius 2 is 1.95 bits per heavy atom. The van der Waals surface area contributed by atoms with E-state index in [4.69, 9.17) is 0 Å². The van der Waals surface area contributed by atoms with Gasteiger partial charge in [0.15, 0.2) is 5.17 Å². The number of nitrogens with one attached hydrogen (secondary N) is 1. The van der Waals surface area contributed by atoms with Crippen molar-refractivity contribution in [3.8, 4) is 0 Å². The highest BCUT2D eigenvalue weighted by Crippen LogP contribution is 2.30. The van der Waals surface area contributed by atoms with E-state index in [1.165, 1.54) is 16.6 Å². The SMILES string of the molecule is Cc1ccc(/C=C2\SC(=Nc3ccccc3C)NC2=O)s1. The number of thiophene rings is 1. The van der Waals surface area contributed by atoms with Gasteiger partial charge in [0.1, 0.15) is 0 Å². The van der Waals surface area contributed by atoms with E-state index >= 15 is 0 Å².